The Morgan fingerprint density at radius 1 is 1.43 bits per heavy atom. The number of carbonyl (C=O) groups is 2. The predicted molar refractivity (Wildman–Crippen MR) is 82.9 cm³/mol. The van der Waals surface area contributed by atoms with E-state index < -0.39 is 18.1 Å². The minimum absolute atomic E-state index is 0.0968. The molecule has 1 heterocycles. The summed E-state index contributed by atoms with van der Waals surface area (Å²) in [6.45, 7) is 1.95. The number of benzene rings is 1. The van der Waals surface area contributed by atoms with Crippen molar-refractivity contribution in [3.63, 3.8) is 0 Å². The lowest BCUT2D eigenvalue weighted by molar-refractivity contribution is -0.149. The van der Waals surface area contributed by atoms with E-state index in [2.05, 4.69) is 0 Å². The van der Waals surface area contributed by atoms with Crippen LogP contribution in [0.4, 0.5) is 0 Å². The molecule has 5 nitrogen and oxygen atoms in total. The van der Waals surface area contributed by atoms with Crippen molar-refractivity contribution in [1.29, 1.82) is 0 Å². The summed E-state index contributed by atoms with van der Waals surface area (Å²) >= 11 is 1.51. The zero-order chi connectivity index (χ0) is 15.4. The van der Waals surface area contributed by atoms with Crippen molar-refractivity contribution in [1.82, 2.24) is 4.90 Å². The number of amides is 1. The van der Waals surface area contributed by atoms with E-state index >= 15 is 0 Å². The quantitative estimate of drug-likeness (QED) is 0.857. The van der Waals surface area contributed by atoms with E-state index in [1.165, 1.54) is 16.7 Å². The highest BCUT2D eigenvalue weighted by Gasteiger charge is 2.42. The molecule has 0 bridgehead atoms. The summed E-state index contributed by atoms with van der Waals surface area (Å²) in [4.78, 5) is 25.3. The number of nitrogens with two attached hydrogens (primary N) is 1. The van der Waals surface area contributed by atoms with Gasteiger partial charge in [0.1, 0.15) is 6.04 Å². The Morgan fingerprint density at radius 3 is 2.67 bits per heavy atom. The van der Waals surface area contributed by atoms with Crippen LogP contribution in [0.1, 0.15) is 18.9 Å². The molecule has 0 saturated carbocycles. The summed E-state index contributed by atoms with van der Waals surface area (Å²) in [5.74, 6) is -0.806. The third-order valence-corrected chi connectivity index (χ3v) is 5.05. The molecule has 1 aliphatic heterocycles. The molecule has 3 atom stereocenters. The third-order valence-electron chi connectivity index (χ3n) is 3.60. The fraction of sp³-hybridized carbons (Fsp3) is 0.467. The Labute approximate surface area is 128 Å². The maximum atomic E-state index is 12.6. The first-order valence-corrected chi connectivity index (χ1v) is 8.05. The lowest BCUT2D eigenvalue weighted by Gasteiger charge is -2.29. The van der Waals surface area contributed by atoms with Crippen molar-refractivity contribution in [2.45, 2.75) is 37.2 Å². The van der Waals surface area contributed by atoms with Crippen LogP contribution in [-0.4, -0.2) is 45.1 Å². The number of nitrogens with zero attached hydrogens (tertiary/aromatic N) is 1. The van der Waals surface area contributed by atoms with Crippen molar-refractivity contribution in [3.8, 4) is 0 Å². The Bertz CT molecular complexity index is 509. The second-order valence-corrected chi connectivity index (χ2v) is 6.30. The van der Waals surface area contributed by atoms with Crippen LogP contribution in [0, 0.1) is 0 Å². The van der Waals surface area contributed by atoms with Crippen LogP contribution in [0.25, 0.3) is 0 Å². The average molecular weight is 308 g/mol. The third kappa shape index (κ3) is 3.57. The van der Waals surface area contributed by atoms with Crippen LogP contribution >= 0.6 is 11.8 Å². The van der Waals surface area contributed by atoms with Crippen LogP contribution in [-0.2, 0) is 16.0 Å². The standard InChI is InChI=1S/C15H20N2O3S/c1-2-13-17(12(9-21-13)15(19)20)14(18)11(16)8-10-6-4-3-5-7-10/h3-7,11-13H,2,8-9,16H2,1H3,(H,19,20)/t11-,12?,13?/m0/s1. The van der Waals surface area contributed by atoms with E-state index in [1.54, 1.807) is 0 Å². The van der Waals surface area contributed by atoms with Crippen molar-refractivity contribution >= 4 is 23.6 Å². The van der Waals surface area contributed by atoms with Gasteiger partial charge in [0.25, 0.3) is 0 Å². The largest absolute Gasteiger partial charge is 0.480 e. The fourth-order valence-electron chi connectivity index (χ4n) is 2.51. The minimum Gasteiger partial charge on any atom is -0.480 e. The van der Waals surface area contributed by atoms with Gasteiger partial charge in [0.15, 0.2) is 0 Å². The number of hydrogen-bond acceptors (Lipinski definition) is 4. The second-order valence-electron chi connectivity index (χ2n) is 5.09. The lowest BCUT2D eigenvalue weighted by Crippen LogP contribution is -2.52. The fourth-order valence-corrected chi connectivity index (χ4v) is 3.87. The van der Waals surface area contributed by atoms with E-state index in [9.17, 15) is 14.7 Å². The van der Waals surface area contributed by atoms with Crippen molar-refractivity contribution in [3.05, 3.63) is 35.9 Å². The molecule has 6 heteroatoms. The van der Waals surface area contributed by atoms with Gasteiger partial charge in [0.05, 0.1) is 11.4 Å². The predicted octanol–water partition coefficient (Wildman–Crippen LogP) is 1.32. The smallest absolute Gasteiger partial charge is 0.327 e. The van der Waals surface area contributed by atoms with Gasteiger partial charge in [-0.25, -0.2) is 4.79 Å². The Morgan fingerprint density at radius 2 is 2.10 bits per heavy atom. The monoisotopic (exact) mass is 308 g/mol. The molecule has 0 aliphatic carbocycles. The van der Waals surface area contributed by atoms with E-state index in [-0.39, 0.29) is 11.3 Å². The summed E-state index contributed by atoms with van der Waals surface area (Å²) in [6.07, 6.45) is 1.14. The van der Waals surface area contributed by atoms with Gasteiger partial charge in [0.2, 0.25) is 5.91 Å². The van der Waals surface area contributed by atoms with Crippen LogP contribution in [0.2, 0.25) is 0 Å². The van der Waals surface area contributed by atoms with Crippen molar-refractivity contribution in [2.75, 3.05) is 5.75 Å². The Hall–Kier alpha value is -1.53. The Balaban J connectivity index is 2.10. The highest BCUT2D eigenvalue weighted by atomic mass is 32.2. The zero-order valence-electron chi connectivity index (χ0n) is 11.9. The molecular formula is C15H20N2O3S. The first kappa shape index (κ1) is 15.9. The van der Waals surface area contributed by atoms with Gasteiger partial charge in [-0.05, 0) is 18.4 Å². The van der Waals surface area contributed by atoms with Crippen LogP contribution < -0.4 is 5.73 Å². The molecule has 21 heavy (non-hydrogen) atoms. The molecule has 0 aromatic heterocycles. The van der Waals surface area contributed by atoms with Gasteiger partial charge < -0.3 is 15.7 Å². The maximum absolute atomic E-state index is 12.6. The SMILES string of the molecule is CCC1SCC(C(=O)O)N1C(=O)[C@@H](N)Cc1ccccc1. The van der Waals surface area contributed by atoms with Gasteiger partial charge in [-0.2, -0.15) is 0 Å². The first-order chi connectivity index (χ1) is 10.0. The second kappa shape index (κ2) is 6.95. The molecule has 1 aliphatic rings. The molecule has 0 radical (unpaired) electrons. The van der Waals surface area contributed by atoms with Crippen LogP contribution in [0.15, 0.2) is 30.3 Å². The maximum Gasteiger partial charge on any atom is 0.327 e. The highest BCUT2D eigenvalue weighted by molar-refractivity contribution is 8.00. The normalized spacial score (nSPS) is 23.0. The molecular weight excluding hydrogens is 288 g/mol. The van der Waals surface area contributed by atoms with E-state index in [0.717, 1.165) is 12.0 Å². The number of carbonyl (C=O) groups excluding carboxylic acids is 1. The molecule has 1 aromatic rings. The average Bonchev–Trinajstić information content (AvgIpc) is 2.91. The topological polar surface area (TPSA) is 83.6 Å². The van der Waals surface area contributed by atoms with Gasteiger partial charge in [0, 0.05) is 5.75 Å². The zero-order valence-corrected chi connectivity index (χ0v) is 12.8. The van der Waals surface area contributed by atoms with Gasteiger partial charge in [-0.1, -0.05) is 37.3 Å². The van der Waals surface area contributed by atoms with E-state index in [1.807, 2.05) is 37.3 Å². The number of rotatable bonds is 5. The molecule has 114 valence electrons. The number of carboxylic acids is 1. The number of thioether (sulfide) groups is 1. The van der Waals surface area contributed by atoms with Gasteiger partial charge in [-0.15, -0.1) is 11.8 Å². The summed E-state index contributed by atoms with van der Waals surface area (Å²) < 4.78 is 0. The number of aliphatic carboxylic acids is 1. The summed E-state index contributed by atoms with van der Waals surface area (Å²) in [5.41, 5.74) is 6.99. The lowest BCUT2D eigenvalue weighted by atomic mass is 10.0. The number of carboxylic acid groups (broad SMARTS) is 1. The van der Waals surface area contributed by atoms with Gasteiger partial charge in [-0.3, -0.25) is 4.79 Å². The molecule has 0 spiro atoms. The van der Waals surface area contributed by atoms with Gasteiger partial charge >= 0.3 is 5.97 Å². The summed E-state index contributed by atoms with van der Waals surface area (Å²) in [7, 11) is 0. The minimum atomic E-state index is -0.960. The van der Waals surface area contributed by atoms with Crippen molar-refractivity contribution < 1.29 is 14.7 Å². The highest BCUT2D eigenvalue weighted by Crippen LogP contribution is 2.31. The van der Waals surface area contributed by atoms with E-state index in [4.69, 9.17) is 5.73 Å². The molecule has 1 aromatic carbocycles. The molecule has 2 rings (SSSR count). The summed E-state index contributed by atoms with van der Waals surface area (Å²) in [5, 5.41) is 9.17. The molecule has 2 unspecified atom stereocenters. The van der Waals surface area contributed by atoms with Crippen molar-refractivity contribution in [2.24, 2.45) is 5.73 Å². The summed E-state index contributed by atoms with van der Waals surface area (Å²) in [6, 6.07) is 8.05. The first-order valence-electron chi connectivity index (χ1n) is 7.00. The molecule has 3 N–H and O–H groups in total. The van der Waals surface area contributed by atoms with E-state index in [0.29, 0.717) is 12.2 Å². The number of hydrogen-bond donors (Lipinski definition) is 2. The molecule has 1 amide bonds. The van der Waals surface area contributed by atoms with Crippen LogP contribution in [0.5, 0.6) is 0 Å². The van der Waals surface area contributed by atoms with Crippen LogP contribution in [0.3, 0.4) is 0 Å². The molecule has 1 fully saturated rings. The molecule has 1 saturated heterocycles. The Kier molecular flexibility index (Phi) is 5.25.